The number of carbonyl (C=O) groups is 2. The van der Waals surface area contributed by atoms with Gasteiger partial charge in [-0.05, 0) is 83.9 Å². The molecule has 2 aromatic rings. The molecule has 2 N–H and O–H groups in total. The van der Waals surface area contributed by atoms with Crippen LogP contribution in [0.25, 0.3) is 0 Å². The maximum atomic E-state index is 11.2. The number of carboxylic acid groups (broad SMARTS) is 1. The van der Waals surface area contributed by atoms with Gasteiger partial charge in [0.2, 0.25) is 0 Å². The number of nitrogens with zero attached hydrogens (tertiary/aromatic N) is 2. The van der Waals surface area contributed by atoms with Gasteiger partial charge in [-0.2, -0.15) is 0 Å². The van der Waals surface area contributed by atoms with Crippen molar-refractivity contribution in [2.24, 2.45) is 5.41 Å². The molecule has 3 aliphatic rings. The quantitative estimate of drug-likeness (QED) is 0.0948. The number of carbonyl (C=O) groups excluding carboxylic acids is 1. The average Bonchev–Trinajstić information content (AvgIpc) is 3.48. The van der Waals surface area contributed by atoms with Crippen molar-refractivity contribution >= 4 is 23.3 Å². The Morgan fingerprint density at radius 1 is 1.02 bits per heavy atom. The molecule has 294 valence electrons. The Balaban J connectivity index is 1.37. The van der Waals surface area contributed by atoms with Gasteiger partial charge in [-0.3, -0.25) is 9.59 Å². The molecule has 0 spiro atoms. The predicted molar refractivity (Wildman–Crippen MR) is 228 cm³/mol. The van der Waals surface area contributed by atoms with Crippen LogP contribution in [0.15, 0.2) is 114 Å². The number of ether oxygens (including phenoxy) is 1. The lowest BCUT2D eigenvalue weighted by Crippen LogP contribution is -2.24. The summed E-state index contributed by atoms with van der Waals surface area (Å²) in [7, 11) is 4.10. The molecule has 1 heterocycles. The van der Waals surface area contributed by atoms with E-state index in [0.29, 0.717) is 25.5 Å². The van der Waals surface area contributed by atoms with Crippen LogP contribution in [0.3, 0.4) is 0 Å². The van der Waals surface area contributed by atoms with Gasteiger partial charge < -0.3 is 25.0 Å². The fourth-order valence-electron chi connectivity index (χ4n) is 8.63. The SMILES string of the molecule is C=C(/C=C/C=C/C=C1/N(CCCCCC(=O)O)C2=C(CC3C(=C2)C(C)(C)c2ccccc23)C1(C)C)C(C)(C)c1cc(N(C)C)ccc1NCCCOC(C)=O. The average molecular weight is 746 g/mol. The summed E-state index contributed by atoms with van der Waals surface area (Å²) >= 11 is 0. The number of benzene rings is 2. The van der Waals surface area contributed by atoms with Crippen LogP contribution in [0.4, 0.5) is 11.4 Å². The van der Waals surface area contributed by atoms with Gasteiger partial charge in [0.25, 0.3) is 0 Å². The smallest absolute Gasteiger partial charge is 0.303 e. The summed E-state index contributed by atoms with van der Waals surface area (Å²) in [5, 5.41) is 12.8. The van der Waals surface area contributed by atoms with Crippen LogP contribution < -0.4 is 10.2 Å². The van der Waals surface area contributed by atoms with Crippen molar-refractivity contribution < 1.29 is 19.4 Å². The standard InChI is InChI=1S/C48H63N3O4/c1-33(46(3,4)40-30-35(50(9)10)25-26-42(40)49-27-19-29-55-34(2)52)20-13-11-14-23-44-48(7,8)41-31-37-36-21-16-17-22-38(36)47(5,6)39(37)32-43(41)51(44)28-18-12-15-24-45(53)54/h11,13-14,16-17,20-23,25-26,30,32,37,49H,1,12,15,18-19,24,27-29,31H2,2-10H3,(H,53,54)/b14-11+,20-13+,44-23+. The topological polar surface area (TPSA) is 82.1 Å². The van der Waals surface area contributed by atoms with E-state index in [4.69, 9.17) is 4.74 Å². The maximum absolute atomic E-state index is 11.2. The maximum Gasteiger partial charge on any atom is 0.303 e. The van der Waals surface area contributed by atoms with E-state index in [9.17, 15) is 14.7 Å². The Bertz CT molecular complexity index is 1940. The molecular formula is C48H63N3O4. The number of nitrogens with one attached hydrogen (secondary N) is 1. The molecule has 2 aliphatic carbocycles. The molecule has 0 bridgehead atoms. The number of hydrogen-bond acceptors (Lipinski definition) is 6. The van der Waals surface area contributed by atoms with Gasteiger partial charge >= 0.3 is 11.9 Å². The Kier molecular flexibility index (Phi) is 12.7. The number of esters is 1. The van der Waals surface area contributed by atoms with Crippen molar-refractivity contribution in [3.63, 3.8) is 0 Å². The number of unbranched alkanes of at least 4 members (excludes halogenated alkanes) is 2. The molecule has 1 unspecified atom stereocenters. The first-order chi connectivity index (χ1) is 26.0. The fraction of sp³-hybridized carbons (Fsp3) is 0.458. The summed E-state index contributed by atoms with van der Waals surface area (Å²) in [4.78, 5) is 27.0. The second-order valence-corrected chi connectivity index (χ2v) is 17.1. The molecule has 0 amide bonds. The second kappa shape index (κ2) is 16.9. The summed E-state index contributed by atoms with van der Waals surface area (Å²) in [5.74, 6) is -0.593. The third-order valence-electron chi connectivity index (χ3n) is 12.1. The van der Waals surface area contributed by atoms with Crippen LogP contribution in [0.5, 0.6) is 0 Å². The van der Waals surface area contributed by atoms with E-state index >= 15 is 0 Å². The zero-order chi connectivity index (χ0) is 40.1. The van der Waals surface area contributed by atoms with E-state index in [1.807, 2.05) is 14.1 Å². The monoisotopic (exact) mass is 745 g/mol. The van der Waals surface area contributed by atoms with Crippen LogP contribution in [0.2, 0.25) is 0 Å². The number of rotatable bonds is 17. The Hall–Kier alpha value is -4.78. The van der Waals surface area contributed by atoms with Crippen LogP contribution >= 0.6 is 0 Å². The van der Waals surface area contributed by atoms with Gasteiger partial charge in [-0.25, -0.2) is 0 Å². The summed E-state index contributed by atoms with van der Waals surface area (Å²) < 4.78 is 5.13. The van der Waals surface area contributed by atoms with Crippen molar-refractivity contribution in [1.29, 1.82) is 0 Å². The predicted octanol–water partition coefficient (Wildman–Crippen LogP) is 10.6. The second-order valence-electron chi connectivity index (χ2n) is 17.1. The molecule has 2 aromatic carbocycles. The van der Waals surface area contributed by atoms with Crippen molar-refractivity contribution in [3.8, 4) is 0 Å². The van der Waals surface area contributed by atoms with E-state index in [1.165, 1.54) is 40.6 Å². The number of allylic oxidation sites excluding steroid dienone is 9. The molecule has 1 atom stereocenters. The van der Waals surface area contributed by atoms with Crippen LogP contribution in [0.1, 0.15) is 110 Å². The van der Waals surface area contributed by atoms with Crippen molar-refractivity contribution in [3.05, 3.63) is 130 Å². The normalized spacial score (nSPS) is 19.1. The van der Waals surface area contributed by atoms with E-state index in [-0.39, 0.29) is 28.6 Å². The largest absolute Gasteiger partial charge is 0.481 e. The highest BCUT2D eigenvalue weighted by Gasteiger charge is 2.49. The van der Waals surface area contributed by atoms with E-state index in [1.54, 1.807) is 0 Å². The highest BCUT2D eigenvalue weighted by Crippen LogP contribution is 2.60. The van der Waals surface area contributed by atoms with Crippen molar-refractivity contribution in [2.45, 2.75) is 104 Å². The number of hydrogen-bond donors (Lipinski definition) is 2. The minimum atomic E-state index is -0.726. The van der Waals surface area contributed by atoms with Crippen LogP contribution in [0, 0.1) is 5.41 Å². The van der Waals surface area contributed by atoms with Crippen molar-refractivity contribution in [1.82, 2.24) is 4.90 Å². The van der Waals surface area contributed by atoms with Gasteiger partial charge in [0.15, 0.2) is 0 Å². The third kappa shape index (κ3) is 8.87. The molecule has 7 heteroatoms. The minimum absolute atomic E-state index is 0.0275. The van der Waals surface area contributed by atoms with E-state index in [0.717, 1.165) is 54.7 Å². The van der Waals surface area contributed by atoms with E-state index < -0.39 is 5.97 Å². The van der Waals surface area contributed by atoms with Gasteiger partial charge in [-0.15, -0.1) is 0 Å². The number of anilines is 2. The molecular weight excluding hydrogens is 683 g/mol. The first kappa shape index (κ1) is 41.4. The van der Waals surface area contributed by atoms with Gasteiger partial charge in [0.05, 0.1) is 6.61 Å². The van der Waals surface area contributed by atoms with Crippen LogP contribution in [-0.2, 0) is 25.2 Å². The highest BCUT2D eigenvalue weighted by molar-refractivity contribution is 5.67. The summed E-state index contributed by atoms with van der Waals surface area (Å²) in [6.07, 6.45) is 17.7. The number of fused-ring (bicyclic) bond motifs is 3. The van der Waals surface area contributed by atoms with Crippen LogP contribution in [-0.4, -0.2) is 55.7 Å². The molecule has 0 aromatic heterocycles. The van der Waals surface area contributed by atoms with Crippen molar-refractivity contribution in [2.75, 3.05) is 44.0 Å². The first-order valence-corrected chi connectivity index (χ1v) is 20.0. The molecule has 0 fully saturated rings. The van der Waals surface area contributed by atoms with Gasteiger partial charge in [0, 0.05) is 85.5 Å². The molecule has 5 rings (SSSR count). The zero-order valence-electron chi connectivity index (χ0n) is 34.7. The van der Waals surface area contributed by atoms with Gasteiger partial charge in [0.1, 0.15) is 0 Å². The molecule has 0 saturated heterocycles. The Morgan fingerprint density at radius 3 is 2.47 bits per heavy atom. The number of aliphatic carboxylic acids is 1. The summed E-state index contributed by atoms with van der Waals surface area (Å²) in [5.41, 5.74) is 12.3. The van der Waals surface area contributed by atoms with E-state index in [2.05, 4.69) is 142 Å². The molecule has 1 aliphatic heterocycles. The lowest BCUT2D eigenvalue weighted by atomic mass is 9.72. The Morgan fingerprint density at radius 2 is 1.76 bits per heavy atom. The highest BCUT2D eigenvalue weighted by atomic mass is 16.5. The lowest BCUT2D eigenvalue weighted by Gasteiger charge is -2.31. The zero-order valence-corrected chi connectivity index (χ0v) is 34.7. The third-order valence-corrected chi connectivity index (χ3v) is 12.1. The minimum Gasteiger partial charge on any atom is -0.481 e. The molecule has 0 radical (unpaired) electrons. The Labute approximate surface area is 330 Å². The molecule has 0 saturated carbocycles. The summed E-state index contributed by atoms with van der Waals surface area (Å²) in [6, 6.07) is 15.4. The molecule has 7 nitrogen and oxygen atoms in total. The fourth-order valence-corrected chi connectivity index (χ4v) is 8.63. The van der Waals surface area contributed by atoms with Gasteiger partial charge in [-0.1, -0.05) is 109 Å². The first-order valence-electron chi connectivity index (χ1n) is 20.0. The molecule has 55 heavy (non-hydrogen) atoms. The summed E-state index contributed by atoms with van der Waals surface area (Å²) in [6.45, 7) is 21.8. The lowest BCUT2D eigenvalue weighted by molar-refractivity contribution is -0.141. The number of carboxylic acids is 1.